The van der Waals surface area contributed by atoms with E-state index in [9.17, 15) is 0 Å². The van der Waals surface area contributed by atoms with Crippen LogP contribution < -0.4 is 4.74 Å². The van der Waals surface area contributed by atoms with Crippen molar-refractivity contribution in [2.24, 2.45) is 0 Å². The summed E-state index contributed by atoms with van der Waals surface area (Å²) < 4.78 is 5.83. The molecule has 0 aromatic heterocycles. The first-order valence-electron chi connectivity index (χ1n) is 5.98. The third-order valence-corrected chi connectivity index (χ3v) is 2.49. The second-order valence-electron chi connectivity index (χ2n) is 3.92. The van der Waals surface area contributed by atoms with Crippen LogP contribution in [0.15, 0.2) is 90.8 Å². The van der Waals surface area contributed by atoms with E-state index in [4.69, 9.17) is 4.74 Å². The molecule has 1 heteroatoms. The molecule has 18 heavy (non-hydrogen) atoms. The van der Waals surface area contributed by atoms with Crippen LogP contribution in [0.2, 0.25) is 0 Å². The highest BCUT2D eigenvalue weighted by molar-refractivity contribution is 5.40. The Morgan fingerprint density at radius 1 is 0.944 bits per heavy atom. The Morgan fingerprint density at radius 2 is 1.72 bits per heavy atom. The van der Waals surface area contributed by atoms with Crippen molar-refractivity contribution >= 4 is 0 Å². The molecular formula is C17H16O. The Hall–Kier alpha value is -2.28. The second kappa shape index (κ2) is 6.45. The number of ether oxygens (including phenoxy) is 1. The summed E-state index contributed by atoms with van der Waals surface area (Å²) in [5, 5.41) is 0. The first-order valence-corrected chi connectivity index (χ1v) is 5.98. The van der Waals surface area contributed by atoms with Gasteiger partial charge in [-0.05, 0) is 24.6 Å². The minimum Gasteiger partial charge on any atom is -0.457 e. The van der Waals surface area contributed by atoms with Gasteiger partial charge < -0.3 is 4.74 Å². The van der Waals surface area contributed by atoms with Gasteiger partial charge in [0.1, 0.15) is 11.5 Å². The number of hydrogen-bond acceptors (Lipinski definition) is 1. The maximum atomic E-state index is 5.83. The first kappa shape index (κ1) is 12.2. The van der Waals surface area contributed by atoms with E-state index in [0.29, 0.717) is 0 Å². The molecule has 1 aromatic rings. The Labute approximate surface area is 108 Å². The van der Waals surface area contributed by atoms with Crippen LogP contribution in [0.25, 0.3) is 0 Å². The average molecular weight is 236 g/mol. The van der Waals surface area contributed by atoms with Crippen molar-refractivity contribution < 1.29 is 4.74 Å². The van der Waals surface area contributed by atoms with Crippen molar-refractivity contribution in [1.29, 1.82) is 0 Å². The van der Waals surface area contributed by atoms with Gasteiger partial charge in [-0.3, -0.25) is 0 Å². The van der Waals surface area contributed by atoms with Gasteiger partial charge in [-0.25, -0.2) is 0 Å². The fourth-order valence-corrected chi connectivity index (χ4v) is 1.55. The van der Waals surface area contributed by atoms with Crippen LogP contribution in [-0.4, -0.2) is 0 Å². The molecule has 0 radical (unpaired) electrons. The molecule has 0 fully saturated rings. The predicted molar refractivity (Wildman–Crippen MR) is 76.3 cm³/mol. The van der Waals surface area contributed by atoms with Crippen molar-refractivity contribution in [3.8, 4) is 5.75 Å². The summed E-state index contributed by atoms with van der Waals surface area (Å²) in [7, 11) is 0. The molecule has 1 aliphatic carbocycles. The maximum Gasteiger partial charge on any atom is 0.134 e. The topological polar surface area (TPSA) is 9.23 Å². The van der Waals surface area contributed by atoms with E-state index < -0.39 is 0 Å². The third kappa shape index (κ3) is 3.63. The summed E-state index contributed by atoms with van der Waals surface area (Å²) in [5.74, 6) is 1.59. The summed E-state index contributed by atoms with van der Waals surface area (Å²) in [5.41, 5.74) is 0.857. The molecule has 0 saturated heterocycles. The number of allylic oxidation sites excluding steroid dienone is 7. The summed E-state index contributed by atoms with van der Waals surface area (Å²) in [4.78, 5) is 0. The van der Waals surface area contributed by atoms with Gasteiger partial charge in [0, 0.05) is 5.57 Å². The van der Waals surface area contributed by atoms with Crippen molar-refractivity contribution in [3.63, 3.8) is 0 Å². The van der Waals surface area contributed by atoms with Gasteiger partial charge in [0.05, 0.1) is 0 Å². The average Bonchev–Trinajstić information content (AvgIpc) is 2.41. The van der Waals surface area contributed by atoms with Gasteiger partial charge in [-0.15, -0.1) is 0 Å². The quantitative estimate of drug-likeness (QED) is 0.730. The van der Waals surface area contributed by atoms with Gasteiger partial charge in [-0.2, -0.15) is 0 Å². The molecule has 0 atom stereocenters. The van der Waals surface area contributed by atoms with Crippen molar-refractivity contribution in [3.05, 3.63) is 90.8 Å². The van der Waals surface area contributed by atoms with E-state index in [-0.39, 0.29) is 0 Å². The molecule has 1 aromatic carbocycles. The predicted octanol–water partition coefficient (Wildman–Crippen LogP) is 4.58. The standard InChI is InChI=1S/C17H16O/c1-15-11-7-4-2-3-5-10-14-17(15)18-16-12-8-6-9-13-16/h2,4-14H,1,3H2/b4-2-,10-5-,11-7-,17-14+. The minimum absolute atomic E-state index is 0.768. The molecule has 90 valence electrons. The van der Waals surface area contributed by atoms with Gasteiger partial charge in [0.2, 0.25) is 0 Å². The second-order valence-corrected chi connectivity index (χ2v) is 3.92. The van der Waals surface area contributed by atoms with E-state index in [1.807, 2.05) is 60.7 Å². The molecule has 0 aliphatic heterocycles. The lowest BCUT2D eigenvalue weighted by Crippen LogP contribution is -1.96. The Bertz CT molecular complexity index is 516. The largest absolute Gasteiger partial charge is 0.457 e. The molecule has 0 bridgehead atoms. The molecule has 1 nitrogen and oxygen atoms in total. The van der Waals surface area contributed by atoms with Crippen LogP contribution in [0.4, 0.5) is 0 Å². The minimum atomic E-state index is 0.768. The highest BCUT2D eigenvalue weighted by Gasteiger charge is 2.02. The van der Waals surface area contributed by atoms with Crippen LogP contribution in [0.3, 0.4) is 0 Å². The smallest absolute Gasteiger partial charge is 0.134 e. The number of rotatable bonds is 2. The van der Waals surface area contributed by atoms with Crippen LogP contribution in [0.1, 0.15) is 6.42 Å². The first-order chi connectivity index (χ1) is 8.86. The molecular weight excluding hydrogens is 220 g/mol. The fourth-order valence-electron chi connectivity index (χ4n) is 1.55. The van der Waals surface area contributed by atoms with E-state index in [0.717, 1.165) is 23.5 Å². The van der Waals surface area contributed by atoms with E-state index >= 15 is 0 Å². The Kier molecular flexibility index (Phi) is 4.37. The van der Waals surface area contributed by atoms with E-state index in [1.165, 1.54) is 0 Å². The molecule has 2 rings (SSSR count). The summed E-state index contributed by atoms with van der Waals surface area (Å²) in [6, 6.07) is 9.73. The van der Waals surface area contributed by atoms with Crippen molar-refractivity contribution in [2.75, 3.05) is 0 Å². The molecule has 1 aliphatic rings. The summed E-state index contributed by atoms with van der Waals surface area (Å²) in [6.07, 6.45) is 15.0. The Balaban J connectivity index is 2.20. The van der Waals surface area contributed by atoms with E-state index in [2.05, 4.69) is 18.7 Å². The van der Waals surface area contributed by atoms with Crippen LogP contribution in [0, 0.1) is 0 Å². The zero-order valence-corrected chi connectivity index (χ0v) is 10.3. The number of para-hydroxylation sites is 1. The molecule has 0 spiro atoms. The normalized spacial score (nSPS) is 23.6. The van der Waals surface area contributed by atoms with Crippen LogP contribution in [-0.2, 0) is 0 Å². The molecule has 0 heterocycles. The lowest BCUT2D eigenvalue weighted by molar-refractivity contribution is 0.439. The van der Waals surface area contributed by atoms with Crippen molar-refractivity contribution in [1.82, 2.24) is 0 Å². The molecule has 0 saturated carbocycles. The summed E-state index contributed by atoms with van der Waals surface area (Å²) in [6.45, 7) is 4.02. The number of benzene rings is 1. The van der Waals surface area contributed by atoms with Crippen LogP contribution >= 0.6 is 0 Å². The zero-order chi connectivity index (χ0) is 12.6. The maximum absolute atomic E-state index is 5.83. The lowest BCUT2D eigenvalue weighted by atomic mass is 10.2. The SMILES string of the molecule is C=C1/C=C\C=C/C/C=C\C=C/1Oc1ccccc1. The highest BCUT2D eigenvalue weighted by atomic mass is 16.5. The molecule has 0 unspecified atom stereocenters. The highest BCUT2D eigenvalue weighted by Crippen LogP contribution is 2.18. The van der Waals surface area contributed by atoms with Gasteiger partial charge in [-0.1, -0.05) is 61.2 Å². The van der Waals surface area contributed by atoms with Crippen molar-refractivity contribution in [2.45, 2.75) is 6.42 Å². The van der Waals surface area contributed by atoms with Gasteiger partial charge >= 0.3 is 0 Å². The zero-order valence-electron chi connectivity index (χ0n) is 10.3. The number of hydrogen-bond donors (Lipinski definition) is 0. The van der Waals surface area contributed by atoms with Gasteiger partial charge in [0.25, 0.3) is 0 Å². The van der Waals surface area contributed by atoms with Crippen LogP contribution in [0.5, 0.6) is 5.75 Å². The fraction of sp³-hybridized carbons (Fsp3) is 0.0588. The monoisotopic (exact) mass is 236 g/mol. The molecule has 0 amide bonds. The third-order valence-electron chi connectivity index (χ3n) is 2.49. The van der Waals surface area contributed by atoms with Gasteiger partial charge in [0.15, 0.2) is 0 Å². The lowest BCUT2D eigenvalue weighted by Gasteiger charge is -2.09. The Morgan fingerprint density at radius 3 is 2.56 bits per heavy atom. The van der Waals surface area contributed by atoms with E-state index in [1.54, 1.807) is 0 Å². The summed E-state index contributed by atoms with van der Waals surface area (Å²) >= 11 is 0. The molecule has 0 N–H and O–H groups in total.